The maximum absolute atomic E-state index is 5.87. The molecule has 0 unspecified atom stereocenters. The first-order valence-corrected chi connectivity index (χ1v) is 10.8. The molecule has 2 aromatic rings. The second kappa shape index (κ2) is 8.11. The van der Waals surface area contributed by atoms with Crippen LogP contribution < -0.4 is 5.32 Å². The summed E-state index contributed by atoms with van der Waals surface area (Å²) in [5.74, 6) is 2.42. The van der Waals surface area contributed by atoms with Gasteiger partial charge < -0.3 is 14.6 Å². The van der Waals surface area contributed by atoms with Gasteiger partial charge in [0.2, 0.25) is 0 Å². The van der Waals surface area contributed by atoms with Gasteiger partial charge in [-0.25, -0.2) is 0 Å². The highest BCUT2D eigenvalue weighted by Crippen LogP contribution is 2.30. The minimum absolute atomic E-state index is 0.291. The molecule has 2 aliphatic rings. The third kappa shape index (κ3) is 4.21. The van der Waals surface area contributed by atoms with Crippen LogP contribution in [0.3, 0.4) is 0 Å². The van der Waals surface area contributed by atoms with Crippen molar-refractivity contribution < 1.29 is 4.74 Å². The summed E-state index contributed by atoms with van der Waals surface area (Å²) in [5.41, 5.74) is 0. The Balaban J connectivity index is 1.52. The lowest BCUT2D eigenvalue weighted by Crippen LogP contribution is -2.29. The first kappa shape index (κ1) is 17.4. The van der Waals surface area contributed by atoms with Gasteiger partial charge in [-0.1, -0.05) is 11.8 Å². The van der Waals surface area contributed by atoms with E-state index in [1.165, 1.54) is 0 Å². The van der Waals surface area contributed by atoms with Crippen LogP contribution in [-0.4, -0.2) is 50.8 Å². The number of hydrogen-bond donors (Lipinski definition) is 1. The summed E-state index contributed by atoms with van der Waals surface area (Å²) in [6.45, 7) is 5.85. The average Bonchev–Trinajstić information content (AvgIpc) is 3.36. The molecule has 0 aliphatic carbocycles. The number of nitrogens with zero attached hydrogens (tertiary/aromatic N) is 5. The van der Waals surface area contributed by atoms with Crippen LogP contribution in [0, 0.1) is 6.92 Å². The third-order valence-corrected chi connectivity index (χ3v) is 6.75. The fraction of sp³-hybridized carbons (Fsp3) is 0.750. The summed E-state index contributed by atoms with van der Waals surface area (Å²) in [5, 5.41) is 23.9. The van der Waals surface area contributed by atoms with Crippen molar-refractivity contribution in [2.45, 2.75) is 62.1 Å². The van der Waals surface area contributed by atoms with Gasteiger partial charge in [-0.05, 0) is 45.7 Å². The van der Waals surface area contributed by atoms with Gasteiger partial charge in [0, 0.05) is 12.5 Å². The Morgan fingerprint density at radius 3 is 2.80 bits per heavy atom. The molecule has 7 nitrogen and oxygen atoms in total. The van der Waals surface area contributed by atoms with Crippen LogP contribution in [0.15, 0.2) is 5.16 Å². The Hall–Kier alpha value is -1.03. The van der Waals surface area contributed by atoms with Crippen molar-refractivity contribution in [1.82, 2.24) is 30.3 Å². The maximum atomic E-state index is 5.87. The van der Waals surface area contributed by atoms with E-state index >= 15 is 0 Å². The van der Waals surface area contributed by atoms with Crippen LogP contribution in [0.5, 0.6) is 0 Å². The van der Waals surface area contributed by atoms with Crippen molar-refractivity contribution in [1.29, 1.82) is 0 Å². The molecule has 0 spiro atoms. The first-order valence-electron chi connectivity index (χ1n) is 8.97. The summed E-state index contributed by atoms with van der Waals surface area (Å²) < 4.78 is 8.18. The number of thioether (sulfide) groups is 1. The molecule has 4 rings (SSSR count). The van der Waals surface area contributed by atoms with Crippen molar-refractivity contribution in [3.05, 3.63) is 15.8 Å². The van der Waals surface area contributed by atoms with Crippen molar-refractivity contribution in [2.75, 3.05) is 19.7 Å². The summed E-state index contributed by atoms with van der Waals surface area (Å²) in [4.78, 5) is 0. The number of aryl methyl sites for hydroxylation is 1. The van der Waals surface area contributed by atoms with Crippen LogP contribution >= 0.6 is 23.1 Å². The van der Waals surface area contributed by atoms with Gasteiger partial charge in [0.25, 0.3) is 0 Å². The lowest BCUT2D eigenvalue weighted by molar-refractivity contribution is 0.0936. The summed E-state index contributed by atoms with van der Waals surface area (Å²) >= 11 is 3.35. The molecule has 1 N–H and O–H groups in total. The minimum atomic E-state index is 0.291. The lowest BCUT2D eigenvalue weighted by atomic mass is 9.97. The normalized spacial score (nSPS) is 21.9. The molecule has 2 saturated heterocycles. The van der Waals surface area contributed by atoms with Gasteiger partial charge in [0.1, 0.15) is 15.8 Å². The largest absolute Gasteiger partial charge is 0.376 e. The molecule has 9 heteroatoms. The fourth-order valence-electron chi connectivity index (χ4n) is 3.47. The Kier molecular flexibility index (Phi) is 5.64. The predicted octanol–water partition coefficient (Wildman–Crippen LogP) is 2.38. The zero-order valence-corrected chi connectivity index (χ0v) is 16.1. The van der Waals surface area contributed by atoms with Crippen LogP contribution in [0.1, 0.15) is 47.4 Å². The van der Waals surface area contributed by atoms with E-state index in [1.54, 1.807) is 23.1 Å². The van der Waals surface area contributed by atoms with Gasteiger partial charge in [-0.3, -0.25) is 0 Å². The number of rotatable bonds is 6. The summed E-state index contributed by atoms with van der Waals surface area (Å²) in [6, 6.07) is 0. The molecule has 0 saturated carbocycles. The van der Waals surface area contributed by atoms with Crippen LogP contribution in [0.25, 0.3) is 0 Å². The molecule has 136 valence electrons. The molecule has 2 fully saturated rings. The zero-order chi connectivity index (χ0) is 17.1. The lowest BCUT2D eigenvalue weighted by Gasteiger charge is -2.23. The Bertz CT molecular complexity index is 691. The zero-order valence-electron chi connectivity index (χ0n) is 14.5. The molecule has 2 aromatic heterocycles. The Morgan fingerprint density at radius 2 is 2.08 bits per heavy atom. The van der Waals surface area contributed by atoms with Gasteiger partial charge in [0.15, 0.2) is 5.16 Å². The number of hydrogen-bond acceptors (Lipinski definition) is 8. The Morgan fingerprint density at radius 1 is 1.20 bits per heavy atom. The molecule has 25 heavy (non-hydrogen) atoms. The number of aromatic nitrogens is 5. The van der Waals surface area contributed by atoms with E-state index in [9.17, 15) is 0 Å². The third-order valence-electron chi connectivity index (χ3n) is 4.75. The van der Waals surface area contributed by atoms with Gasteiger partial charge in [-0.2, -0.15) is 0 Å². The standard InChI is InChI=1S/C16H24N6OS2/c1-11-18-19-14(25-11)10-24-16-21-20-15(12-4-6-17-7-5-12)22(16)9-13-3-2-8-23-13/h12-13,17H,2-10H2,1H3/t13-/m0/s1. The average molecular weight is 381 g/mol. The molecule has 1 atom stereocenters. The molecule has 2 aliphatic heterocycles. The van der Waals surface area contributed by atoms with Crippen molar-refractivity contribution in [3.63, 3.8) is 0 Å². The highest BCUT2D eigenvalue weighted by atomic mass is 32.2. The van der Waals surface area contributed by atoms with Crippen molar-refractivity contribution in [2.24, 2.45) is 0 Å². The second-order valence-electron chi connectivity index (χ2n) is 6.61. The van der Waals surface area contributed by atoms with Gasteiger partial charge in [0.05, 0.1) is 18.4 Å². The molecule has 0 aromatic carbocycles. The second-order valence-corrected chi connectivity index (χ2v) is 8.82. The van der Waals surface area contributed by atoms with E-state index in [-0.39, 0.29) is 0 Å². The van der Waals surface area contributed by atoms with Gasteiger partial charge >= 0.3 is 0 Å². The number of ether oxygens (including phenoxy) is 1. The van der Waals surface area contributed by atoms with E-state index in [0.717, 1.165) is 78.7 Å². The monoisotopic (exact) mass is 380 g/mol. The maximum Gasteiger partial charge on any atom is 0.191 e. The minimum Gasteiger partial charge on any atom is -0.376 e. The molecule has 0 amide bonds. The topological polar surface area (TPSA) is 77.8 Å². The molecular weight excluding hydrogens is 356 g/mol. The van der Waals surface area contributed by atoms with E-state index in [4.69, 9.17) is 4.74 Å². The molecule has 0 radical (unpaired) electrons. The Labute approximate surface area is 156 Å². The van der Waals surface area contributed by atoms with Crippen LogP contribution in [0.2, 0.25) is 0 Å². The van der Waals surface area contributed by atoms with Crippen LogP contribution in [-0.2, 0) is 17.0 Å². The fourth-order valence-corrected chi connectivity index (χ4v) is 5.12. The summed E-state index contributed by atoms with van der Waals surface area (Å²) in [6.07, 6.45) is 4.83. The number of nitrogens with one attached hydrogen (secondary N) is 1. The van der Waals surface area contributed by atoms with Crippen molar-refractivity contribution >= 4 is 23.1 Å². The van der Waals surface area contributed by atoms with Gasteiger partial charge in [-0.15, -0.1) is 31.7 Å². The van der Waals surface area contributed by atoms with E-state index in [0.29, 0.717) is 12.0 Å². The smallest absolute Gasteiger partial charge is 0.191 e. The quantitative estimate of drug-likeness (QED) is 0.771. The van der Waals surface area contributed by atoms with E-state index in [2.05, 4.69) is 30.3 Å². The molecule has 4 heterocycles. The molecular formula is C16H24N6OS2. The predicted molar refractivity (Wildman–Crippen MR) is 98.0 cm³/mol. The summed E-state index contributed by atoms with van der Waals surface area (Å²) in [7, 11) is 0. The highest BCUT2D eigenvalue weighted by Gasteiger charge is 2.26. The highest BCUT2D eigenvalue weighted by molar-refractivity contribution is 7.98. The first-order chi connectivity index (χ1) is 12.3. The van der Waals surface area contributed by atoms with Crippen molar-refractivity contribution in [3.8, 4) is 0 Å². The van der Waals surface area contributed by atoms with E-state index in [1.807, 2.05) is 6.92 Å². The SMILES string of the molecule is Cc1nnc(CSc2nnc(C3CCNCC3)n2C[C@@H]2CCCO2)s1. The number of piperidine rings is 1. The van der Waals surface area contributed by atoms with Crippen LogP contribution in [0.4, 0.5) is 0 Å². The van der Waals surface area contributed by atoms with E-state index < -0.39 is 0 Å². The molecule has 0 bridgehead atoms.